The number of aryl methyl sites for hydroxylation is 1. The predicted octanol–water partition coefficient (Wildman–Crippen LogP) is 3.02. The van der Waals surface area contributed by atoms with Crippen molar-refractivity contribution < 1.29 is 9.47 Å². The molecule has 0 radical (unpaired) electrons. The van der Waals surface area contributed by atoms with Gasteiger partial charge in [-0.15, -0.1) is 0 Å². The highest BCUT2D eigenvalue weighted by molar-refractivity contribution is 5.84. The maximum Gasteiger partial charge on any atom is 0.191 e. The molecule has 0 amide bonds. The van der Waals surface area contributed by atoms with E-state index in [2.05, 4.69) is 58.7 Å². The van der Waals surface area contributed by atoms with Gasteiger partial charge in [-0.25, -0.2) is 0 Å². The SMILES string of the molecule is CCCCOCCOCCNC(=NC)NCCc1c(C)[nH]c2ccccc12. The number of aliphatic imine (C=N–C) groups is 1. The van der Waals surface area contributed by atoms with E-state index in [0.29, 0.717) is 19.8 Å². The minimum atomic E-state index is 0.636. The second-order valence-electron chi connectivity index (χ2n) is 6.53. The van der Waals surface area contributed by atoms with Crippen LogP contribution in [0.4, 0.5) is 0 Å². The normalized spacial score (nSPS) is 11.9. The second-order valence-corrected chi connectivity index (χ2v) is 6.53. The van der Waals surface area contributed by atoms with Gasteiger partial charge in [-0.3, -0.25) is 4.99 Å². The van der Waals surface area contributed by atoms with Crippen molar-refractivity contribution in [2.24, 2.45) is 4.99 Å². The molecular formula is C21H34N4O2. The van der Waals surface area contributed by atoms with Crippen LogP contribution in [0.2, 0.25) is 0 Å². The Morgan fingerprint density at radius 1 is 1.04 bits per heavy atom. The molecule has 0 fully saturated rings. The maximum absolute atomic E-state index is 5.56. The molecule has 0 saturated heterocycles. The third-order valence-electron chi connectivity index (χ3n) is 4.47. The molecule has 0 spiro atoms. The number of H-pyrrole nitrogens is 1. The summed E-state index contributed by atoms with van der Waals surface area (Å²) in [7, 11) is 1.79. The van der Waals surface area contributed by atoms with Gasteiger partial charge in [-0.2, -0.15) is 0 Å². The Kier molecular flexibility index (Phi) is 9.73. The number of rotatable bonds is 12. The average molecular weight is 375 g/mol. The summed E-state index contributed by atoms with van der Waals surface area (Å²) in [6.07, 6.45) is 3.22. The summed E-state index contributed by atoms with van der Waals surface area (Å²) in [6.45, 7) is 8.60. The molecule has 6 heteroatoms. The topological polar surface area (TPSA) is 70.7 Å². The number of aromatic nitrogens is 1. The van der Waals surface area contributed by atoms with Crippen LogP contribution in [0.25, 0.3) is 10.9 Å². The number of unbranched alkanes of at least 4 members (excludes halogenated alkanes) is 1. The lowest BCUT2D eigenvalue weighted by atomic mass is 10.1. The Labute approximate surface area is 162 Å². The molecule has 1 aromatic carbocycles. The summed E-state index contributed by atoms with van der Waals surface area (Å²) < 4.78 is 11.0. The number of nitrogens with one attached hydrogen (secondary N) is 3. The first-order valence-corrected chi connectivity index (χ1v) is 9.92. The van der Waals surface area contributed by atoms with E-state index in [1.54, 1.807) is 7.05 Å². The van der Waals surface area contributed by atoms with E-state index in [-0.39, 0.29) is 0 Å². The van der Waals surface area contributed by atoms with Crippen molar-refractivity contribution in [1.29, 1.82) is 0 Å². The van der Waals surface area contributed by atoms with E-state index < -0.39 is 0 Å². The quantitative estimate of drug-likeness (QED) is 0.303. The first-order chi connectivity index (χ1) is 13.3. The van der Waals surface area contributed by atoms with Crippen LogP contribution in [0.5, 0.6) is 0 Å². The number of hydrogen-bond donors (Lipinski definition) is 3. The van der Waals surface area contributed by atoms with Crippen molar-refractivity contribution in [3.63, 3.8) is 0 Å². The molecule has 0 aliphatic rings. The summed E-state index contributed by atoms with van der Waals surface area (Å²) >= 11 is 0. The van der Waals surface area contributed by atoms with Gasteiger partial charge in [-0.1, -0.05) is 31.5 Å². The van der Waals surface area contributed by atoms with Gasteiger partial charge in [0, 0.05) is 43.3 Å². The van der Waals surface area contributed by atoms with Crippen LogP contribution in [-0.4, -0.2) is 57.5 Å². The molecule has 0 bridgehead atoms. The lowest BCUT2D eigenvalue weighted by Crippen LogP contribution is -2.39. The highest BCUT2D eigenvalue weighted by atomic mass is 16.5. The Morgan fingerprint density at radius 2 is 1.78 bits per heavy atom. The molecule has 0 unspecified atom stereocenters. The number of fused-ring (bicyclic) bond motifs is 1. The Hall–Kier alpha value is -2.05. The van der Waals surface area contributed by atoms with E-state index in [4.69, 9.17) is 9.47 Å². The summed E-state index contributed by atoms with van der Waals surface area (Å²) in [5.41, 5.74) is 3.79. The summed E-state index contributed by atoms with van der Waals surface area (Å²) in [6, 6.07) is 8.44. The van der Waals surface area contributed by atoms with E-state index in [1.165, 1.54) is 22.2 Å². The maximum atomic E-state index is 5.56. The van der Waals surface area contributed by atoms with Crippen LogP contribution in [0, 0.1) is 6.92 Å². The molecule has 3 N–H and O–H groups in total. The van der Waals surface area contributed by atoms with E-state index in [9.17, 15) is 0 Å². The largest absolute Gasteiger partial charge is 0.379 e. The van der Waals surface area contributed by atoms with Gasteiger partial charge in [0.25, 0.3) is 0 Å². The number of aromatic amines is 1. The average Bonchev–Trinajstić information content (AvgIpc) is 3.00. The number of guanidine groups is 1. The van der Waals surface area contributed by atoms with Gasteiger partial charge in [-0.05, 0) is 31.4 Å². The van der Waals surface area contributed by atoms with Crippen molar-refractivity contribution in [2.75, 3.05) is 46.6 Å². The van der Waals surface area contributed by atoms with Crippen molar-refractivity contribution >= 4 is 16.9 Å². The Balaban J connectivity index is 1.61. The summed E-state index contributed by atoms with van der Waals surface area (Å²) in [5, 5.41) is 7.95. The second kappa shape index (κ2) is 12.4. The van der Waals surface area contributed by atoms with Crippen molar-refractivity contribution in [3.8, 4) is 0 Å². The lowest BCUT2D eigenvalue weighted by Gasteiger charge is -2.12. The molecule has 0 saturated carbocycles. The van der Waals surface area contributed by atoms with Crippen LogP contribution < -0.4 is 10.6 Å². The number of benzene rings is 1. The molecule has 6 nitrogen and oxygen atoms in total. The predicted molar refractivity (Wildman–Crippen MR) is 113 cm³/mol. The fourth-order valence-corrected chi connectivity index (χ4v) is 2.99. The Bertz CT molecular complexity index is 697. The molecule has 27 heavy (non-hydrogen) atoms. The molecule has 2 rings (SSSR count). The number of para-hydroxylation sites is 1. The molecule has 2 aromatic rings. The molecule has 0 aliphatic carbocycles. The van der Waals surface area contributed by atoms with Crippen LogP contribution in [0.3, 0.4) is 0 Å². The van der Waals surface area contributed by atoms with Crippen LogP contribution in [-0.2, 0) is 15.9 Å². The van der Waals surface area contributed by atoms with Crippen molar-refractivity contribution in [3.05, 3.63) is 35.5 Å². The summed E-state index contributed by atoms with van der Waals surface area (Å²) in [5.74, 6) is 0.801. The van der Waals surface area contributed by atoms with Gasteiger partial charge >= 0.3 is 0 Å². The van der Waals surface area contributed by atoms with Crippen molar-refractivity contribution in [1.82, 2.24) is 15.6 Å². The zero-order valence-corrected chi connectivity index (χ0v) is 16.9. The fourth-order valence-electron chi connectivity index (χ4n) is 2.99. The van der Waals surface area contributed by atoms with Crippen LogP contribution in [0.1, 0.15) is 31.0 Å². The van der Waals surface area contributed by atoms with E-state index in [1.807, 2.05) is 0 Å². The highest BCUT2D eigenvalue weighted by Gasteiger charge is 2.07. The van der Waals surface area contributed by atoms with Crippen molar-refractivity contribution in [2.45, 2.75) is 33.1 Å². The first-order valence-electron chi connectivity index (χ1n) is 9.92. The van der Waals surface area contributed by atoms with E-state index in [0.717, 1.165) is 44.9 Å². The number of ether oxygens (including phenoxy) is 2. The monoisotopic (exact) mass is 374 g/mol. The number of nitrogens with zero attached hydrogens (tertiary/aromatic N) is 1. The van der Waals surface area contributed by atoms with Crippen LogP contribution >= 0.6 is 0 Å². The lowest BCUT2D eigenvalue weighted by molar-refractivity contribution is 0.0487. The van der Waals surface area contributed by atoms with Gasteiger partial charge in [0.15, 0.2) is 5.96 Å². The molecule has 1 aromatic heterocycles. The highest BCUT2D eigenvalue weighted by Crippen LogP contribution is 2.21. The van der Waals surface area contributed by atoms with Crippen LogP contribution in [0.15, 0.2) is 29.3 Å². The van der Waals surface area contributed by atoms with Gasteiger partial charge < -0.3 is 25.1 Å². The van der Waals surface area contributed by atoms with Gasteiger partial charge in [0.2, 0.25) is 0 Å². The third-order valence-corrected chi connectivity index (χ3v) is 4.47. The van der Waals surface area contributed by atoms with E-state index >= 15 is 0 Å². The zero-order valence-electron chi connectivity index (χ0n) is 16.9. The smallest absolute Gasteiger partial charge is 0.191 e. The number of hydrogen-bond acceptors (Lipinski definition) is 3. The molecule has 1 heterocycles. The molecule has 150 valence electrons. The fraction of sp³-hybridized carbons (Fsp3) is 0.571. The summed E-state index contributed by atoms with van der Waals surface area (Å²) in [4.78, 5) is 7.71. The molecular weight excluding hydrogens is 340 g/mol. The Morgan fingerprint density at radius 3 is 2.56 bits per heavy atom. The zero-order chi connectivity index (χ0) is 19.3. The first kappa shape index (κ1) is 21.3. The minimum absolute atomic E-state index is 0.636. The standard InChI is InChI=1S/C21H34N4O2/c1-4-5-13-26-15-16-27-14-12-24-21(22-3)23-11-10-18-17(2)25-20-9-7-6-8-19(18)20/h6-9,25H,4-5,10-16H2,1-3H3,(H2,22,23,24). The molecule has 0 atom stereocenters. The molecule has 0 aliphatic heterocycles. The van der Waals surface area contributed by atoms with Gasteiger partial charge in [0.05, 0.1) is 19.8 Å². The minimum Gasteiger partial charge on any atom is -0.379 e. The van der Waals surface area contributed by atoms with Gasteiger partial charge in [0.1, 0.15) is 0 Å². The third kappa shape index (κ3) is 7.23.